The molecule has 10 nitrogen and oxygen atoms in total. The summed E-state index contributed by atoms with van der Waals surface area (Å²) in [6.45, 7) is 4.07. The molecular formula is C29H32ClF3N4O6. The highest BCUT2D eigenvalue weighted by molar-refractivity contribution is 6.31. The van der Waals surface area contributed by atoms with Gasteiger partial charge < -0.3 is 24.8 Å². The second-order valence-electron chi connectivity index (χ2n) is 10.3. The largest absolute Gasteiger partial charge is 0.495 e. The number of ether oxygens (including phenoxy) is 3. The SMILES string of the molecule is CNC(=O)c1ccc(NC(=O)C(CCOC(C)(C)C)n2cc(OC)c(-c3cc(Cl)ccc3OCC(F)(F)F)cc2=O)cn1. The van der Waals surface area contributed by atoms with Crippen molar-refractivity contribution in [2.24, 2.45) is 0 Å². The normalized spacial score (nSPS) is 12.4. The number of nitrogens with one attached hydrogen (secondary N) is 2. The molecule has 2 aromatic heterocycles. The van der Waals surface area contributed by atoms with Crippen molar-refractivity contribution in [3.63, 3.8) is 0 Å². The zero-order valence-corrected chi connectivity index (χ0v) is 24.9. The number of pyridine rings is 2. The molecule has 1 atom stereocenters. The maximum absolute atomic E-state index is 13.5. The van der Waals surface area contributed by atoms with Crippen molar-refractivity contribution in [3.05, 3.63) is 69.9 Å². The number of aromatic nitrogens is 2. The first-order valence-corrected chi connectivity index (χ1v) is 13.4. The van der Waals surface area contributed by atoms with Gasteiger partial charge in [-0.1, -0.05) is 11.6 Å². The van der Waals surface area contributed by atoms with Crippen LogP contribution in [0, 0.1) is 0 Å². The molecule has 0 bridgehead atoms. The minimum atomic E-state index is -4.60. The molecule has 0 radical (unpaired) electrons. The van der Waals surface area contributed by atoms with Gasteiger partial charge in [0, 0.05) is 42.3 Å². The highest BCUT2D eigenvalue weighted by atomic mass is 35.5. The van der Waals surface area contributed by atoms with Crippen LogP contribution in [-0.2, 0) is 9.53 Å². The highest BCUT2D eigenvalue weighted by Gasteiger charge is 2.30. The fourth-order valence-corrected chi connectivity index (χ4v) is 4.14. The summed E-state index contributed by atoms with van der Waals surface area (Å²) in [4.78, 5) is 42.8. The molecule has 2 amide bonds. The molecule has 0 aliphatic rings. The second-order valence-corrected chi connectivity index (χ2v) is 10.7. The van der Waals surface area contributed by atoms with E-state index >= 15 is 0 Å². The molecule has 232 valence electrons. The zero-order chi connectivity index (χ0) is 31.9. The number of nitrogens with zero attached hydrogens (tertiary/aromatic N) is 2. The van der Waals surface area contributed by atoms with E-state index in [4.69, 9.17) is 25.8 Å². The maximum atomic E-state index is 13.5. The van der Waals surface area contributed by atoms with Crippen LogP contribution in [-0.4, -0.2) is 60.5 Å². The van der Waals surface area contributed by atoms with E-state index in [9.17, 15) is 27.6 Å². The van der Waals surface area contributed by atoms with Gasteiger partial charge in [-0.25, -0.2) is 4.98 Å². The smallest absolute Gasteiger partial charge is 0.422 e. The monoisotopic (exact) mass is 624 g/mol. The Bertz CT molecular complexity index is 1500. The van der Waals surface area contributed by atoms with Gasteiger partial charge in [0.15, 0.2) is 6.61 Å². The number of halogens is 4. The Kier molecular flexibility index (Phi) is 10.8. The molecule has 0 fully saturated rings. The third-order valence-corrected chi connectivity index (χ3v) is 6.18. The number of anilines is 1. The van der Waals surface area contributed by atoms with Crippen molar-refractivity contribution >= 4 is 29.1 Å². The first-order valence-electron chi connectivity index (χ1n) is 13.0. The summed E-state index contributed by atoms with van der Waals surface area (Å²) in [6, 6.07) is 6.93. The van der Waals surface area contributed by atoms with Crippen LogP contribution in [0.5, 0.6) is 11.5 Å². The lowest BCUT2D eigenvalue weighted by atomic mass is 10.0. The number of benzene rings is 1. The van der Waals surface area contributed by atoms with Gasteiger partial charge in [-0.15, -0.1) is 0 Å². The van der Waals surface area contributed by atoms with Gasteiger partial charge in [0.2, 0.25) is 5.91 Å². The van der Waals surface area contributed by atoms with Crippen molar-refractivity contribution in [1.82, 2.24) is 14.9 Å². The summed E-state index contributed by atoms with van der Waals surface area (Å²) in [7, 11) is 2.77. The number of carbonyl (C=O) groups is 2. The lowest BCUT2D eigenvalue weighted by molar-refractivity contribution is -0.153. The number of methoxy groups -OCH3 is 1. The lowest BCUT2D eigenvalue weighted by Crippen LogP contribution is -2.34. The molecule has 2 heterocycles. The minimum absolute atomic E-state index is 0.0739. The molecule has 3 aromatic rings. The summed E-state index contributed by atoms with van der Waals surface area (Å²) >= 11 is 6.13. The van der Waals surface area contributed by atoms with E-state index in [2.05, 4.69) is 15.6 Å². The van der Waals surface area contributed by atoms with Crippen LogP contribution in [0.3, 0.4) is 0 Å². The van der Waals surface area contributed by atoms with Crippen LogP contribution in [0.4, 0.5) is 18.9 Å². The van der Waals surface area contributed by atoms with Gasteiger partial charge in [0.05, 0.1) is 30.8 Å². The Morgan fingerprint density at radius 1 is 1.07 bits per heavy atom. The van der Waals surface area contributed by atoms with E-state index in [1.807, 2.05) is 20.8 Å². The van der Waals surface area contributed by atoms with Crippen LogP contribution < -0.4 is 25.7 Å². The standard InChI is InChI=1S/C29H32ClF3N4O6/c1-28(2,3)43-11-10-22(27(40)36-18-7-8-21(35-14-18)26(39)34-4)37-15-24(41-5)20(13-25(37)38)19-12-17(30)6-9-23(19)42-16-29(31,32)33/h6-9,12-15,22H,10-11,16H2,1-5H3,(H,34,39)(H,36,40). The molecule has 0 saturated carbocycles. The first-order chi connectivity index (χ1) is 20.1. The van der Waals surface area contributed by atoms with E-state index in [0.717, 1.165) is 10.6 Å². The van der Waals surface area contributed by atoms with Crippen molar-refractivity contribution < 1.29 is 37.0 Å². The number of hydrogen-bond acceptors (Lipinski definition) is 7. The van der Waals surface area contributed by atoms with Gasteiger partial charge in [0.1, 0.15) is 23.2 Å². The second kappa shape index (κ2) is 13.9. The van der Waals surface area contributed by atoms with Crippen molar-refractivity contribution in [2.75, 3.05) is 32.7 Å². The number of rotatable bonds is 11. The van der Waals surface area contributed by atoms with Crippen LogP contribution in [0.1, 0.15) is 43.7 Å². The molecule has 0 aliphatic heterocycles. The quantitative estimate of drug-likeness (QED) is 0.299. The van der Waals surface area contributed by atoms with E-state index < -0.39 is 41.8 Å². The minimum Gasteiger partial charge on any atom is -0.495 e. The number of carbonyl (C=O) groups excluding carboxylic acids is 2. The molecule has 2 N–H and O–H groups in total. The zero-order valence-electron chi connectivity index (χ0n) is 24.2. The molecular weight excluding hydrogens is 593 g/mol. The first kappa shape index (κ1) is 33.4. The topological polar surface area (TPSA) is 121 Å². The molecule has 0 aliphatic carbocycles. The molecule has 1 unspecified atom stereocenters. The van der Waals surface area contributed by atoms with Crippen LogP contribution in [0.2, 0.25) is 5.02 Å². The Balaban J connectivity index is 2.02. The number of alkyl halides is 3. The Morgan fingerprint density at radius 2 is 1.77 bits per heavy atom. The van der Waals surface area contributed by atoms with Crippen LogP contribution >= 0.6 is 11.6 Å². The van der Waals surface area contributed by atoms with Crippen molar-refractivity contribution in [2.45, 2.75) is 45.0 Å². The number of hydrogen-bond donors (Lipinski definition) is 2. The third-order valence-electron chi connectivity index (χ3n) is 5.94. The predicted molar refractivity (Wildman–Crippen MR) is 155 cm³/mol. The fourth-order valence-electron chi connectivity index (χ4n) is 3.97. The third kappa shape index (κ3) is 9.45. The van der Waals surface area contributed by atoms with E-state index in [0.29, 0.717) is 0 Å². The average Bonchev–Trinajstić information content (AvgIpc) is 2.93. The fraction of sp³-hybridized carbons (Fsp3) is 0.379. The lowest BCUT2D eigenvalue weighted by Gasteiger charge is -2.24. The molecule has 14 heteroatoms. The summed E-state index contributed by atoms with van der Waals surface area (Å²) in [5.74, 6) is -1.08. The predicted octanol–water partition coefficient (Wildman–Crippen LogP) is 5.26. The van der Waals surface area contributed by atoms with Gasteiger partial charge in [-0.3, -0.25) is 19.0 Å². The molecule has 3 rings (SSSR count). The molecule has 1 aromatic carbocycles. The Hall–Kier alpha value is -4.10. The van der Waals surface area contributed by atoms with Crippen molar-refractivity contribution in [1.29, 1.82) is 0 Å². The Morgan fingerprint density at radius 3 is 2.35 bits per heavy atom. The Labute approximate surface area is 251 Å². The number of amides is 2. The van der Waals surface area contributed by atoms with Gasteiger partial charge in [-0.2, -0.15) is 13.2 Å². The summed E-state index contributed by atoms with van der Waals surface area (Å²) in [6.07, 6.45) is -1.93. The van der Waals surface area contributed by atoms with Crippen molar-refractivity contribution in [3.8, 4) is 22.6 Å². The van der Waals surface area contributed by atoms with Gasteiger partial charge in [-0.05, 0) is 51.1 Å². The molecule has 0 saturated heterocycles. The molecule has 0 spiro atoms. The van der Waals surface area contributed by atoms with Gasteiger partial charge in [0.25, 0.3) is 11.5 Å². The molecule has 43 heavy (non-hydrogen) atoms. The van der Waals surface area contributed by atoms with E-state index in [1.165, 1.54) is 56.9 Å². The summed E-state index contributed by atoms with van der Waals surface area (Å²) in [5.41, 5.74) is -0.540. The highest BCUT2D eigenvalue weighted by Crippen LogP contribution is 2.38. The van der Waals surface area contributed by atoms with E-state index in [1.54, 1.807) is 0 Å². The summed E-state index contributed by atoms with van der Waals surface area (Å²) in [5, 5.41) is 5.34. The maximum Gasteiger partial charge on any atom is 0.422 e. The van der Waals surface area contributed by atoms with Gasteiger partial charge >= 0.3 is 6.18 Å². The van der Waals surface area contributed by atoms with Crippen LogP contribution in [0.15, 0.2) is 53.6 Å². The summed E-state index contributed by atoms with van der Waals surface area (Å²) < 4.78 is 56.1. The van der Waals surface area contributed by atoms with Crippen LogP contribution in [0.25, 0.3) is 11.1 Å². The average molecular weight is 625 g/mol. The van der Waals surface area contributed by atoms with E-state index in [-0.39, 0.29) is 52.1 Å².